The molecule has 0 radical (unpaired) electrons. The lowest BCUT2D eigenvalue weighted by molar-refractivity contribution is -0.157. The van der Waals surface area contributed by atoms with Crippen molar-refractivity contribution in [1.29, 1.82) is 0 Å². The van der Waals surface area contributed by atoms with Crippen molar-refractivity contribution in [2.75, 3.05) is 0 Å². The molecule has 1 aliphatic carbocycles. The highest BCUT2D eigenvalue weighted by molar-refractivity contribution is 5.76. The first-order valence-corrected chi connectivity index (χ1v) is 10.3. The maximum Gasteiger partial charge on any atom is 0.312 e. The van der Waals surface area contributed by atoms with Gasteiger partial charge < -0.3 is 10.1 Å². The number of hydrogen-bond donors (Lipinski definition) is 1. The largest absolute Gasteiger partial charge is 0.460 e. The van der Waals surface area contributed by atoms with Crippen LogP contribution in [0.15, 0.2) is 30.3 Å². The minimum absolute atomic E-state index is 0.0254. The van der Waals surface area contributed by atoms with Gasteiger partial charge in [0.05, 0.1) is 5.41 Å². The Morgan fingerprint density at radius 1 is 0.926 bits per heavy atom. The van der Waals surface area contributed by atoms with Crippen LogP contribution in [0.4, 0.5) is 0 Å². The number of ether oxygens (including phenoxy) is 1. The summed E-state index contributed by atoms with van der Waals surface area (Å²) in [5.41, 5.74) is 0.394. The van der Waals surface area contributed by atoms with Gasteiger partial charge in [-0.05, 0) is 45.1 Å². The summed E-state index contributed by atoms with van der Waals surface area (Å²) in [6.07, 6.45) is 8.92. The number of nitrogens with one attached hydrogen (secondary N) is 1. The molecule has 4 heteroatoms. The average Bonchev–Trinajstić information content (AvgIpc) is 2.65. The van der Waals surface area contributed by atoms with Crippen LogP contribution in [0.3, 0.4) is 0 Å². The van der Waals surface area contributed by atoms with E-state index in [9.17, 15) is 9.59 Å². The zero-order valence-corrected chi connectivity index (χ0v) is 17.2. The van der Waals surface area contributed by atoms with E-state index in [1.807, 2.05) is 37.3 Å². The molecule has 0 bridgehead atoms. The fraction of sp³-hybridized carbons (Fsp3) is 0.652. The van der Waals surface area contributed by atoms with Gasteiger partial charge in [-0.25, -0.2) is 0 Å². The van der Waals surface area contributed by atoms with Gasteiger partial charge in [0.2, 0.25) is 5.91 Å². The molecule has 0 aromatic heterocycles. The molecule has 0 saturated heterocycles. The second-order valence-corrected chi connectivity index (χ2v) is 8.63. The van der Waals surface area contributed by atoms with Crippen LogP contribution in [-0.4, -0.2) is 17.4 Å². The Morgan fingerprint density at radius 2 is 1.52 bits per heavy atom. The highest BCUT2D eigenvalue weighted by Gasteiger charge is 2.35. The Kier molecular flexibility index (Phi) is 7.88. The van der Waals surface area contributed by atoms with Crippen molar-refractivity contribution >= 4 is 11.9 Å². The maximum absolute atomic E-state index is 12.9. The molecule has 0 aliphatic heterocycles. The van der Waals surface area contributed by atoms with E-state index in [1.165, 1.54) is 0 Å². The first kappa shape index (κ1) is 21.5. The minimum atomic E-state index is -0.448. The molecule has 1 N–H and O–H groups in total. The second-order valence-electron chi connectivity index (χ2n) is 8.63. The smallest absolute Gasteiger partial charge is 0.312 e. The van der Waals surface area contributed by atoms with E-state index >= 15 is 0 Å². The van der Waals surface area contributed by atoms with Crippen molar-refractivity contribution in [3.8, 4) is 0 Å². The maximum atomic E-state index is 12.9. The molecule has 2 atom stereocenters. The van der Waals surface area contributed by atoms with Crippen LogP contribution < -0.4 is 5.32 Å². The second kappa shape index (κ2) is 9.91. The first-order valence-electron chi connectivity index (χ1n) is 10.3. The monoisotopic (exact) mass is 373 g/mol. The summed E-state index contributed by atoms with van der Waals surface area (Å²) < 4.78 is 5.68. The lowest BCUT2D eigenvalue weighted by Gasteiger charge is -2.32. The molecule has 1 saturated carbocycles. The predicted molar refractivity (Wildman–Crippen MR) is 108 cm³/mol. The van der Waals surface area contributed by atoms with Crippen molar-refractivity contribution in [1.82, 2.24) is 5.32 Å². The van der Waals surface area contributed by atoms with Gasteiger partial charge in [0.25, 0.3) is 0 Å². The minimum Gasteiger partial charge on any atom is -0.460 e. The zero-order valence-electron chi connectivity index (χ0n) is 17.2. The van der Waals surface area contributed by atoms with Crippen molar-refractivity contribution < 1.29 is 14.3 Å². The summed E-state index contributed by atoms with van der Waals surface area (Å²) in [5.74, 6) is -0.0655. The van der Waals surface area contributed by atoms with E-state index in [2.05, 4.69) is 12.2 Å². The Balaban J connectivity index is 2.00. The first-order chi connectivity index (χ1) is 12.8. The van der Waals surface area contributed by atoms with Crippen LogP contribution in [-0.2, 0) is 20.9 Å². The Bertz CT molecular complexity index is 615. The van der Waals surface area contributed by atoms with Gasteiger partial charge in [-0.2, -0.15) is 0 Å². The molecule has 27 heavy (non-hydrogen) atoms. The summed E-state index contributed by atoms with van der Waals surface area (Å²) in [4.78, 5) is 24.5. The molecule has 1 aromatic rings. The standard InChI is InChI=1S/C23H35NO3/c1-19(25)24-23(3)16-10-5-4-9-14-22(2,15-11-17-23)21(26)27-18-20-12-7-6-8-13-20/h6-8,12-13H,4-5,9-11,14-18H2,1-3H3,(H,24,25). The molecule has 1 aliphatic rings. The topological polar surface area (TPSA) is 55.4 Å². The number of carbonyl (C=O) groups excluding carboxylic acids is 2. The van der Waals surface area contributed by atoms with Gasteiger partial charge in [0.15, 0.2) is 0 Å². The van der Waals surface area contributed by atoms with E-state index in [-0.39, 0.29) is 17.4 Å². The molecule has 0 heterocycles. The van der Waals surface area contributed by atoms with Crippen LogP contribution in [0.25, 0.3) is 0 Å². The van der Waals surface area contributed by atoms with Crippen molar-refractivity contribution in [2.24, 2.45) is 5.41 Å². The number of esters is 1. The fourth-order valence-electron chi connectivity index (χ4n) is 4.15. The third-order valence-corrected chi connectivity index (χ3v) is 5.85. The summed E-state index contributed by atoms with van der Waals surface area (Å²) in [5, 5.41) is 3.14. The summed E-state index contributed by atoms with van der Waals surface area (Å²) in [7, 11) is 0. The van der Waals surface area contributed by atoms with Crippen molar-refractivity contribution in [2.45, 2.75) is 90.7 Å². The predicted octanol–water partition coefficient (Wildman–Crippen LogP) is 5.16. The third kappa shape index (κ3) is 7.00. The Morgan fingerprint density at radius 3 is 2.19 bits per heavy atom. The van der Waals surface area contributed by atoms with E-state index in [0.29, 0.717) is 6.61 Å². The quantitative estimate of drug-likeness (QED) is 0.742. The van der Waals surface area contributed by atoms with Crippen molar-refractivity contribution in [3.63, 3.8) is 0 Å². The average molecular weight is 374 g/mol. The van der Waals surface area contributed by atoms with Crippen LogP contribution in [0.2, 0.25) is 0 Å². The number of rotatable bonds is 4. The van der Waals surface area contributed by atoms with Crippen LogP contribution in [0.5, 0.6) is 0 Å². The number of benzene rings is 1. The number of carbonyl (C=O) groups is 2. The van der Waals surface area contributed by atoms with Gasteiger partial charge in [-0.15, -0.1) is 0 Å². The normalized spacial score (nSPS) is 27.2. The highest BCUT2D eigenvalue weighted by Crippen LogP contribution is 2.35. The van der Waals surface area contributed by atoms with Gasteiger partial charge in [-0.1, -0.05) is 62.4 Å². The van der Waals surface area contributed by atoms with Gasteiger partial charge in [0.1, 0.15) is 6.61 Å². The van der Waals surface area contributed by atoms with E-state index in [4.69, 9.17) is 4.74 Å². The highest BCUT2D eigenvalue weighted by atomic mass is 16.5. The molecule has 1 aromatic carbocycles. The van der Waals surface area contributed by atoms with Crippen LogP contribution in [0.1, 0.15) is 84.1 Å². The van der Waals surface area contributed by atoms with E-state index in [0.717, 1.165) is 63.4 Å². The SMILES string of the molecule is CC(=O)NC1(C)CCCCCCC(C)(C(=O)OCc2ccccc2)CCC1. The lowest BCUT2D eigenvalue weighted by Crippen LogP contribution is -2.45. The molecule has 150 valence electrons. The Hall–Kier alpha value is -1.84. The fourth-order valence-corrected chi connectivity index (χ4v) is 4.15. The molecule has 0 spiro atoms. The third-order valence-electron chi connectivity index (χ3n) is 5.85. The van der Waals surface area contributed by atoms with Gasteiger partial charge >= 0.3 is 5.97 Å². The summed E-state index contributed by atoms with van der Waals surface area (Å²) >= 11 is 0. The molecule has 4 nitrogen and oxygen atoms in total. The summed E-state index contributed by atoms with van der Waals surface area (Å²) in [6, 6.07) is 9.84. The molecule has 1 fully saturated rings. The van der Waals surface area contributed by atoms with Crippen molar-refractivity contribution in [3.05, 3.63) is 35.9 Å². The molecular formula is C23H35NO3. The van der Waals surface area contributed by atoms with Crippen LogP contribution >= 0.6 is 0 Å². The van der Waals surface area contributed by atoms with Gasteiger partial charge in [-0.3, -0.25) is 9.59 Å². The number of hydrogen-bond acceptors (Lipinski definition) is 3. The van der Waals surface area contributed by atoms with E-state index < -0.39 is 5.41 Å². The van der Waals surface area contributed by atoms with Gasteiger partial charge in [0, 0.05) is 12.5 Å². The van der Waals surface area contributed by atoms with Crippen LogP contribution in [0, 0.1) is 5.41 Å². The Labute approximate surface area is 164 Å². The molecule has 2 unspecified atom stereocenters. The summed E-state index contributed by atoms with van der Waals surface area (Å²) in [6.45, 7) is 6.10. The lowest BCUT2D eigenvalue weighted by atomic mass is 9.79. The molecule has 1 amide bonds. The molecule has 2 rings (SSSR count). The molecular weight excluding hydrogens is 338 g/mol. The van der Waals surface area contributed by atoms with E-state index in [1.54, 1.807) is 6.92 Å². The zero-order chi connectivity index (χ0) is 19.8. The number of amides is 1.